The van der Waals surface area contributed by atoms with Crippen LogP contribution in [-0.4, -0.2) is 19.9 Å². The number of nitrogens with zero attached hydrogens (tertiary/aromatic N) is 4. The van der Waals surface area contributed by atoms with Crippen LogP contribution in [0.5, 0.6) is 0 Å². The van der Waals surface area contributed by atoms with Crippen molar-refractivity contribution < 1.29 is 8.83 Å². The van der Waals surface area contributed by atoms with Crippen molar-refractivity contribution in [2.24, 2.45) is 0 Å². The molecular weight excluding hydrogens is 601 g/mol. The fraction of sp³-hybridized carbons (Fsp3) is 0. The van der Waals surface area contributed by atoms with Crippen LogP contribution in [0.1, 0.15) is 0 Å². The first-order valence-electron chi connectivity index (χ1n) is 15.3. The average Bonchev–Trinajstić information content (AvgIpc) is 3.85. The first kappa shape index (κ1) is 26.1. The molecular formula is C40H22N4O2S. The molecule has 0 unspecified atom stereocenters. The molecule has 47 heavy (non-hydrogen) atoms. The van der Waals surface area contributed by atoms with Gasteiger partial charge in [-0.15, -0.1) is 11.3 Å². The highest BCUT2D eigenvalue weighted by Crippen LogP contribution is 2.43. The van der Waals surface area contributed by atoms with Gasteiger partial charge in [-0.25, -0.2) is 19.9 Å². The summed E-state index contributed by atoms with van der Waals surface area (Å²) in [6, 6.07) is 44.6. The van der Waals surface area contributed by atoms with Crippen molar-refractivity contribution in [2.45, 2.75) is 0 Å². The standard InChI is InChI=1S/C40H22N4O2S/c1-2-11-23(12-3-1)37-42-38(25-14-8-19-30-34(25)24-13-4-6-18-29(24)45-30)44-39(43-37)26-15-9-20-31-35(26)36-27(16-10-21-32(36)46-31)40-41-28-17-5-7-22-33(28)47-40/h1-22H. The van der Waals surface area contributed by atoms with Gasteiger partial charge in [-0.2, -0.15) is 0 Å². The van der Waals surface area contributed by atoms with Crippen LogP contribution in [0.15, 0.2) is 142 Å². The van der Waals surface area contributed by atoms with Crippen molar-refractivity contribution in [1.82, 2.24) is 19.9 Å². The highest BCUT2D eigenvalue weighted by molar-refractivity contribution is 7.21. The third-order valence-corrected chi connectivity index (χ3v) is 9.67. The summed E-state index contributed by atoms with van der Waals surface area (Å²) in [6.07, 6.45) is 0. The molecule has 4 heterocycles. The summed E-state index contributed by atoms with van der Waals surface area (Å²) < 4.78 is 13.8. The molecule has 0 aliphatic rings. The van der Waals surface area contributed by atoms with Crippen LogP contribution in [0.25, 0.3) is 98.8 Å². The van der Waals surface area contributed by atoms with Gasteiger partial charge in [0, 0.05) is 43.8 Å². The molecule has 10 rings (SSSR count). The van der Waals surface area contributed by atoms with Crippen molar-refractivity contribution in [3.63, 3.8) is 0 Å². The minimum absolute atomic E-state index is 0.561. The SMILES string of the molecule is c1ccc(-c2nc(-c3cccc4oc5ccccc5c34)nc(-c3cccc4oc5cccc(-c6nc7ccccc7s6)c5c34)n2)cc1. The fourth-order valence-electron chi connectivity index (χ4n) is 6.51. The number of thiazole rings is 1. The molecule has 6 aromatic carbocycles. The van der Waals surface area contributed by atoms with Crippen LogP contribution in [0.2, 0.25) is 0 Å². The Morgan fingerprint density at radius 1 is 0.404 bits per heavy atom. The first-order valence-corrected chi connectivity index (χ1v) is 16.1. The van der Waals surface area contributed by atoms with Crippen LogP contribution in [-0.2, 0) is 0 Å². The van der Waals surface area contributed by atoms with E-state index < -0.39 is 0 Å². The molecule has 0 spiro atoms. The van der Waals surface area contributed by atoms with Crippen molar-refractivity contribution in [1.29, 1.82) is 0 Å². The zero-order valence-electron chi connectivity index (χ0n) is 24.7. The van der Waals surface area contributed by atoms with Gasteiger partial charge in [0.05, 0.1) is 10.2 Å². The predicted molar refractivity (Wildman–Crippen MR) is 189 cm³/mol. The number of furan rings is 2. The summed E-state index contributed by atoms with van der Waals surface area (Å²) in [5.41, 5.74) is 7.80. The minimum atomic E-state index is 0.561. The number of aromatic nitrogens is 4. The smallest absolute Gasteiger partial charge is 0.164 e. The van der Waals surface area contributed by atoms with Gasteiger partial charge < -0.3 is 8.83 Å². The summed E-state index contributed by atoms with van der Waals surface area (Å²) in [4.78, 5) is 20.4. The van der Waals surface area contributed by atoms with Crippen molar-refractivity contribution in [3.8, 4) is 44.7 Å². The lowest BCUT2D eigenvalue weighted by molar-refractivity contribution is 0.668. The molecule has 0 radical (unpaired) electrons. The van der Waals surface area contributed by atoms with E-state index in [2.05, 4.69) is 36.4 Å². The van der Waals surface area contributed by atoms with Gasteiger partial charge in [0.15, 0.2) is 17.5 Å². The summed E-state index contributed by atoms with van der Waals surface area (Å²) >= 11 is 1.68. The molecule has 0 N–H and O–H groups in total. The lowest BCUT2D eigenvalue weighted by Gasteiger charge is -2.10. The number of para-hydroxylation sites is 2. The lowest BCUT2D eigenvalue weighted by atomic mass is 10.0. The van der Waals surface area contributed by atoms with E-state index in [0.29, 0.717) is 17.5 Å². The molecule has 0 atom stereocenters. The molecule has 0 aliphatic carbocycles. The number of hydrogen-bond acceptors (Lipinski definition) is 7. The Kier molecular flexibility index (Phi) is 5.64. The molecule has 7 heteroatoms. The third kappa shape index (κ3) is 4.10. The van der Waals surface area contributed by atoms with Gasteiger partial charge in [0.2, 0.25) is 0 Å². The maximum absolute atomic E-state index is 6.47. The normalized spacial score (nSPS) is 11.8. The second-order valence-corrected chi connectivity index (χ2v) is 12.4. The fourth-order valence-corrected chi connectivity index (χ4v) is 7.51. The zero-order valence-corrected chi connectivity index (χ0v) is 25.5. The molecule has 0 aliphatic heterocycles. The van der Waals surface area contributed by atoms with Crippen LogP contribution < -0.4 is 0 Å². The molecule has 0 bridgehead atoms. The predicted octanol–water partition coefficient (Wildman–Crippen LogP) is 10.9. The number of benzene rings is 6. The van der Waals surface area contributed by atoms with Gasteiger partial charge in [0.1, 0.15) is 27.3 Å². The molecule has 0 saturated carbocycles. The van der Waals surface area contributed by atoms with Crippen molar-refractivity contribution in [3.05, 3.63) is 133 Å². The Balaban J connectivity index is 1.27. The number of fused-ring (bicyclic) bond motifs is 7. The van der Waals surface area contributed by atoms with Crippen molar-refractivity contribution in [2.75, 3.05) is 0 Å². The van der Waals surface area contributed by atoms with Crippen LogP contribution >= 0.6 is 11.3 Å². The topological polar surface area (TPSA) is 77.8 Å². The zero-order chi connectivity index (χ0) is 30.9. The first-order chi connectivity index (χ1) is 23.3. The molecule has 4 aromatic heterocycles. The Morgan fingerprint density at radius 2 is 0.957 bits per heavy atom. The van der Waals surface area contributed by atoms with E-state index in [-0.39, 0.29) is 0 Å². The maximum Gasteiger partial charge on any atom is 0.164 e. The molecule has 0 saturated heterocycles. The van der Waals surface area contributed by atoms with Gasteiger partial charge >= 0.3 is 0 Å². The summed E-state index contributed by atoms with van der Waals surface area (Å²) in [5, 5.41) is 4.87. The van der Waals surface area contributed by atoms with E-state index >= 15 is 0 Å². The van der Waals surface area contributed by atoms with E-state index in [0.717, 1.165) is 81.4 Å². The maximum atomic E-state index is 6.47. The monoisotopic (exact) mass is 622 g/mol. The average molecular weight is 623 g/mol. The summed E-state index contributed by atoms with van der Waals surface area (Å²) in [6.45, 7) is 0. The Bertz CT molecular complexity index is 2780. The van der Waals surface area contributed by atoms with E-state index in [9.17, 15) is 0 Å². The van der Waals surface area contributed by atoms with Crippen LogP contribution in [0, 0.1) is 0 Å². The quantitative estimate of drug-likeness (QED) is 0.194. The second kappa shape index (κ2) is 10.2. The van der Waals surface area contributed by atoms with E-state index in [1.54, 1.807) is 11.3 Å². The van der Waals surface area contributed by atoms with E-state index in [4.69, 9.17) is 28.8 Å². The molecule has 10 aromatic rings. The summed E-state index contributed by atoms with van der Waals surface area (Å²) in [5.74, 6) is 1.72. The highest BCUT2D eigenvalue weighted by Gasteiger charge is 2.22. The lowest BCUT2D eigenvalue weighted by Crippen LogP contribution is -2.00. The Hall–Kier alpha value is -6.18. The Labute approximate surface area is 271 Å². The molecule has 6 nitrogen and oxygen atoms in total. The third-order valence-electron chi connectivity index (χ3n) is 8.60. The molecule has 0 amide bonds. The largest absolute Gasteiger partial charge is 0.456 e. The molecule has 0 fully saturated rings. The van der Waals surface area contributed by atoms with Crippen molar-refractivity contribution >= 4 is 65.4 Å². The molecule has 220 valence electrons. The summed E-state index contributed by atoms with van der Waals surface area (Å²) in [7, 11) is 0. The van der Waals surface area contributed by atoms with E-state index in [1.165, 1.54) is 0 Å². The Morgan fingerprint density at radius 3 is 1.72 bits per heavy atom. The number of hydrogen-bond donors (Lipinski definition) is 0. The van der Waals surface area contributed by atoms with E-state index in [1.807, 2.05) is 97.1 Å². The van der Waals surface area contributed by atoms with Gasteiger partial charge in [-0.1, -0.05) is 97.1 Å². The minimum Gasteiger partial charge on any atom is -0.456 e. The van der Waals surface area contributed by atoms with Gasteiger partial charge in [0.25, 0.3) is 0 Å². The second-order valence-electron chi connectivity index (χ2n) is 11.4. The van der Waals surface area contributed by atoms with Gasteiger partial charge in [-0.05, 0) is 36.4 Å². The van der Waals surface area contributed by atoms with Gasteiger partial charge in [-0.3, -0.25) is 0 Å². The number of rotatable bonds is 4. The highest BCUT2D eigenvalue weighted by atomic mass is 32.1. The van der Waals surface area contributed by atoms with Crippen LogP contribution in [0.4, 0.5) is 0 Å². The van der Waals surface area contributed by atoms with Crippen LogP contribution in [0.3, 0.4) is 0 Å².